The number of sulfonamides is 1. The van der Waals surface area contributed by atoms with Crippen LogP contribution < -0.4 is 10.0 Å². The lowest BCUT2D eigenvalue weighted by atomic mass is 10.2. The van der Waals surface area contributed by atoms with E-state index >= 15 is 0 Å². The SMILES string of the molecule is O=C(CS(=O)(=O)Nc1nc(-c2ccccc2)cs1)Nc1nc(-c2ccccc2)cs1. The summed E-state index contributed by atoms with van der Waals surface area (Å²) in [4.78, 5) is 20.8. The number of hydrogen-bond acceptors (Lipinski definition) is 7. The highest BCUT2D eigenvalue weighted by Gasteiger charge is 2.19. The van der Waals surface area contributed by atoms with Crippen molar-refractivity contribution in [3.63, 3.8) is 0 Å². The average molecular weight is 457 g/mol. The van der Waals surface area contributed by atoms with E-state index in [2.05, 4.69) is 20.0 Å². The van der Waals surface area contributed by atoms with Crippen LogP contribution in [-0.4, -0.2) is 30.0 Å². The summed E-state index contributed by atoms with van der Waals surface area (Å²) < 4.78 is 27.1. The molecule has 0 unspecified atom stereocenters. The quantitative estimate of drug-likeness (QED) is 0.431. The van der Waals surface area contributed by atoms with Crippen LogP contribution in [-0.2, 0) is 14.8 Å². The van der Waals surface area contributed by atoms with Gasteiger partial charge in [0.05, 0.1) is 11.4 Å². The van der Waals surface area contributed by atoms with Crippen molar-refractivity contribution in [3.05, 3.63) is 71.4 Å². The van der Waals surface area contributed by atoms with Crippen molar-refractivity contribution in [1.82, 2.24) is 9.97 Å². The molecule has 30 heavy (non-hydrogen) atoms. The van der Waals surface area contributed by atoms with E-state index in [9.17, 15) is 13.2 Å². The molecule has 2 aromatic carbocycles. The minimum Gasteiger partial charge on any atom is -0.301 e. The summed E-state index contributed by atoms with van der Waals surface area (Å²) >= 11 is 2.39. The molecule has 2 N–H and O–H groups in total. The van der Waals surface area contributed by atoms with E-state index in [1.165, 1.54) is 11.3 Å². The van der Waals surface area contributed by atoms with E-state index in [0.717, 1.165) is 22.5 Å². The van der Waals surface area contributed by atoms with Crippen molar-refractivity contribution in [2.45, 2.75) is 0 Å². The lowest BCUT2D eigenvalue weighted by Crippen LogP contribution is -2.27. The lowest BCUT2D eigenvalue weighted by Gasteiger charge is -2.05. The molecule has 0 spiro atoms. The third-order valence-electron chi connectivity index (χ3n) is 3.96. The summed E-state index contributed by atoms with van der Waals surface area (Å²) in [5, 5.41) is 6.65. The van der Waals surface area contributed by atoms with Gasteiger partial charge in [-0.1, -0.05) is 60.7 Å². The topological polar surface area (TPSA) is 101 Å². The standard InChI is InChI=1S/C20H16N4O3S3/c25-18(23-19-21-16(11-28-19)14-7-3-1-4-8-14)13-30(26,27)24-20-22-17(12-29-20)15-9-5-2-6-10-15/h1-12H,13H2,(H,22,24)(H,21,23,25). The second-order valence-corrected chi connectivity index (χ2v) is 9.66. The number of rotatable bonds is 7. The second-order valence-electron chi connectivity index (χ2n) is 6.22. The molecule has 0 aliphatic carbocycles. The van der Waals surface area contributed by atoms with Crippen LogP contribution in [0.4, 0.5) is 10.3 Å². The normalized spacial score (nSPS) is 11.2. The smallest absolute Gasteiger partial charge is 0.243 e. The molecule has 0 saturated heterocycles. The molecule has 10 heteroatoms. The van der Waals surface area contributed by atoms with Gasteiger partial charge in [0.25, 0.3) is 0 Å². The molecule has 4 rings (SSSR count). The lowest BCUT2D eigenvalue weighted by molar-refractivity contribution is -0.113. The Bertz CT molecular complexity index is 1250. The van der Waals surface area contributed by atoms with Gasteiger partial charge in [0.1, 0.15) is 5.75 Å². The van der Waals surface area contributed by atoms with Gasteiger partial charge >= 0.3 is 0 Å². The second kappa shape index (κ2) is 8.74. The molecule has 0 aliphatic rings. The zero-order chi connectivity index (χ0) is 21.0. The van der Waals surface area contributed by atoms with Crippen LogP contribution in [0.25, 0.3) is 22.5 Å². The van der Waals surface area contributed by atoms with E-state index in [-0.39, 0.29) is 5.13 Å². The van der Waals surface area contributed by atoms with Crippen LogP contribution in [0.15, 0.2) is 71.4 Å². The minimum atomic E-state index is -3.91. The third kappa shape index (κ3) is 5.09. The third-order valence-corrected chi connectivity index (χ3v) is 6.75. The van der Waals surface area contributed by atoms with Crippen LogP contribution in [0.1, 0.15) is 0 Å². The number of nitrogens with zero attached hydrogens (tertiary/aromatic N) is 2. The maximum Gasteiger partial charge on any atom is 0.243 e. The first-order valence-electron chi connectivity index (χ1n) is 8.81. The summed E-state index contributed by atoms with van der Waals surface area (Å²) in [5.41, 5.74) is 3.18. The van der Waals surface area contributed by atoms with Gasteiger partial charge in [0, 0.05) is 21.9 Å². The number of benzene rings is 2. The molecule has 0 radical (unpaired) electrons. The van der Waals surface area contributed by atoms with E-state index in [1.807, 2.05) is 60.7 Å². The summed E-state index contributed by atoms with van der Waals surface area (Å²) in [7, 11) is -3.91. The van der Waals surface area contributed by atoms with Gasteiger partial charge in [0.2, 0.25) is 15.9 Å². The molecule has 0 aliphatic heterocycles. The molecule has 0 bridgehead atoms. The number of nitrogens with one attached hydrogen (secondary N) is 2. The predicted octanol–water partition coefficient (Wildman–Crippen LogP) is 4.31. The maximum absolute atomic E-state index is 12.4. The Morgan fingerprint density at radius 2 is 1.30 bits per heavy atom. The highest BCUT2D eigenvalue weighted by atomic mass is 32.2. The van der Waals surface area contributed by atoms with Gasteiger partial charge in [-0.15, -0.1) is 22.7 Å². The fraction of sp³-hybridized carbons (Fsp3) is 0.0500. The molecule has 1 amide bonds. The zero-order valence-electron chi connectivity index (χ0n) is 15.5. The monoisotopic (exact) mass is 456 g/mol. The Balaban J connectivity index is 1.37. The molecular weight excluding hydrogens is 440 g/mol. The van der Waals surface area contributed by atoms with Crippen molar-refractivity contribution in [2.24, 2.45) is 0 Å². The van der Waals surface area contributed by atoms with Crippen LogP contribution in [0.2, 0.25) is 0 Å². The highest BCUT2D eigenvalue weighted by Crippen LogP contribution is 2.26. The molecule has 4 aromatic rings. The maximum atomic E-state index is 12.4. The van der Waals surface area contributed by atoms with E-state index in [0.29, 0.717) is 16.5 Å². The first-order valence-corrected chi connectivity index (χ1v) is 12.2. The average Bonchev–Trinajstić information content (AvgIpc) is 3.38. The van der Waals surface area contributed by atoms with Gasteiger partial charge in [-0.2, -0.15) is 0 Å². The molecule has 0 atom stereocenters. The molecule has 0 saturated carbocycles. The first-order chi connectivity index (χ1) is 14.5. The number of amides is 1. The largest absolute Gasteiger partial charge is 0.301 e. The van der Waals surface area contributed by atoms with Crippen LogP contribution in [0.3, 0.4) is 0 Å². The predicted molar refractivity (Wildman–Crippen MR) is 121 cm³/mol. The van der Waals surface area contributed by atoms with Gasteiger partial charge < -0.3 is 5.32 Å². The Morgan fingerprint density at radius 3 is 1.87 bits per heavy atom. The van der Waals surface area contributed by atoms with Gasteiger partial charge in [-0.05, 0) is 0 Å². The minimum absolute atomic E-state index is 0.210. The molecule has 7 nitrogen and oxygen atoms in total. The first kappa shape index (κ1) is 20.2. The van der Waals surface area contributed by atoms with E-state index < -0.39 is 21.7 Å². The molecule has 2 heterocycles. The Labute approximate surface area is 181 Å². The summed E-state index contributed by atoms with van der Waals surface area (Å²) in [6.45, 7) is 0. The fourth-order valence-corrected chi connectivity index (χ4v) is 5.31. The van der Waals surface area contributed by atoms with Crippen molar-refractivity contribution >= 4 is 48.9 Å². The fourth-order valence-electron chi connectivity index (χ4n) is 2.63. The van der Waals surface area contributed by atoms with E-state index in [1.54, 1.807) is 10.8 Å². The number of carbonyl (C=O) groups excluding carboxylic acids is 1. The Morgan fingerprint density at radius 1 is 0.800 bits per heavy atom. The number of aromatic nitrogens is 2. The molecule has 0 fully saturated rings. The van der Waals surface area contributed by atoms with Gasteiger partial charge in [-0.3, -0.25) is 9.52 Å². The summed E-state index contributed by atoms with van der Waals surface area (Å²) in [6, 6.07) is 18.9. The summed E-state index contributed by atoms with van der Waals surface area (Å²) in [5.74, 6) is -1.40. The number of carbonyl (C=O) groups is 1. The van der Waals surface area contributed by atoms with Crippen molar-refractivity contribution in [2.75, 3.05) is 15.8 Å². The van der Waals surface area contributed by atoms with Crippen LogP contribution >= 0.6 is 22.7 Å². The molecule has 152 valence electrons. The van der Waals surface area contributed by atoms with Crippen LogP contribution in [0, 0.1) is 0 Å². The van der Waals surface area contributed by atoms with Crippen LogP contribution in [0.5, 0.6) is 0 Å². The van der Waals surface area contributed by atoms with Crippen molar-refractivity contribution in [1.29, 1.82) is 0 Å². The number of thiazole rings is 2. The Kier molecular flexibility index (Phi) is 5.88. The zero-order valence-corrected chi connectivity index (χ0v) is 17.9. The van der Waals surface area contributed by atoms with Gasteiger partial charge in [0.15, 0.2) is 10.3 Å². The van der Waals surface area contributed by atoms with Gasteiger partial charge in [-0.25, -0.2) is 18.4 Å². The van der Waals surface area contributed by atoms with Crippen molar-refractivity contribution in [3.8, 4) is 22.5 Å². The Hall–Kier alpha value is -3.08. The summed E-state index contributed by atoms with van der Waals surface area (Å²) in [6.07, 6.45) is 0. The highest BCUT2D eigenvalue weighted by molar-refractivity contribution is 7.93. The van der Waals surface area contributed by atoms with E-state index in [4.69, 9.17) is 0 Å². The van der Waals surface area contributed by atoms with Crippen molar-refractivity contribution < 1.29 is 13.2 Å². The number of hydrogen-bond donors (Lipinski definition) is 2. The number of anilines is 2. The molecular formula is C20H16N4O3S3. The molecule has 2 aromatic heterocycles.